The molecular weight excluding hydrogens is 815 g/mol. The van der Waals surface area contributed by atoms with Crippen LogP contribution in [0.15, 0.2) is 91.1 Å². The Bertz CT molecular complexity index is 2420. The van der Waals surface area contributed by atoms with Crippen LogP contribution in [0.1, 0.15) is 72.9 Å². The lowest BCUT2D eigenvalue weighted by Gasteiger charge is -2.42. The Morgan fingerprint density at radius 3 is 2.25 bits per heavy atom. The topological polar surface area (TPSA) is 131 Å². The third kappa shape index (κ3) is 9.74. The van der Waals surface area contributed by atoms with Crippen molar-refractivity contribution in [3.8, 4) is 28.4 Å². The number of aryl methyl sites for hydroxylation is 1. The highest BCUT2D eigenvalue weighted by Gasteiger charge is 2.40. The molecule has 0 radical (unpaired) electrons. The number of halogens is 2. The van der Waals surface area contributed by atoms with E-state index in [9.17, 15) is 19.5 Å². The lowest BCUT2D eigenvalue weighted by atomic mass is 9.92. The van der Waals surface area contributed by atoms with E-state index in [4.69, 9.17) is 37.4 Å². The predicted molar refractivity (Wildman–Crippen MR) is 236 cm³/mol. The van der Waals surface area contributed by atoms with Gasteiger partial charge < -0.3 is 34.4 Å². The number of urea groups is 1. The quantitative estimate of drug-likeness (QED) is 0.127. The Hall–Kier alpha value is -5.78. The molecule has 3 atom stereocenters. The van der Waals surface area contributed by atoms with E-state index in [2.05, 4.69) is 10.3 Å². The summed E-state index contributed by atoms with van der Waals surface area (Å²) in [5.41, 5.74) is 8.22. The summed E-state index contributed by atoms with van der Waals surface area (Å²) in [4.78, 5) is 49.0. The number of rotatable bonds is 12. The Morgan fingerprint density at radius 1 is 0.885 bits per heavy atom. The average Bonchev–Trinajstić information content (AvgIpc) is 3.23. The highest BCUT2D eigenvalue weighted by atomic mass is 35.5. The van der Waals surface area contributed by atoms with Crippen molar-refractivity contribution in [3.05, 3.63) is 140 Å². The smallest absolute Gasteiger partial charge is 0.326 e. The monoisotopic (exact) mass is 864 g/mol. The number of aromatic nitrogens is 1. The van der Waals surface area contributed by atoms with E-state index >= 15 is 0 Å². The first-order valence-electron chi connectivity index (χ1n) is 20.4. The van der Waals surface area contributed by atoms with Gasteiger partial charge in [-0.15, -0.1) is 0 Å². The van der Waals surface area contributed by atoms with Gasteiger partial charge >= 0.3 is 12.0 Å². The van der Waals surface area contributed by atoms with Crippen LogP contribution in [0.5, 0.6) is 17.2 Å². The molecule has 0 saturated carbocycles. The first-order chi connectivity index (χ1) is 29.2. The zero-order valence-corrected chi connectivity index (χ0v) is 36.6. The summed E-state index contributed by atoms with van der Waals surface area (Å²) in [7, 11) is 0. The zero-order chi connectivity index (χ0) is 43.5. The molecule has 5 aromatic rings. The number of pyridine rings is 1. The molecule has 1 unspecified atom stereocenters. The fourth-order valence-corrected chi connectivity index (χ4v) is 8.31. The summed E-state index contributed by atoms with van der Waals surface area (Å²) in [6.45, 7) is 12.4. The number of carbonyl (C=O) groups excluding carboxylic acids is 2. The summed E-state index contributed by atoms with van der Waals surface area (Å²) < 4.78 is 18.7. The van der Waals surface area contributed by atoms with Gasteiger partial charge in [-0.3, -0.25) is 9.78 Å². The molecule has 0 bridgehead atoms. The maximum Gasteiger partial charge on any atom is 0.326 e. The van der Waals surface area contributed by atoms with E-state index in [-0.39, 0.29) is 44.1 Å². The van der Waals surface area contributed by atoms with Gasteiger partial charge in [-0.25, -0.2) is 9.59 Å². The SMILES string of the molecule is Cc1nccc(-c2ccc(CC(NC(=O)[C@@H]3Cc4cc5c(cc4CN3C(=O)N(C(C)C)C(C)C)O[C@@H](c3ccc(OCc4ccc(Cl)c(Cl)c4)cc3)CO5)C(=O)O)cc2)c1C. The Kier molecular flexibility index (Phi) is 13.1. The number of benzene rings is 4. The van der Waals surface area contributed by atoms with Gasteiger partial charge in [0, 0.05) is 43.4 Å². The molecule has 0 saturated heterocycles. The van der Waals surface area contributed by atoms with Crippen molar-refractivity contribution in [2.24, 2.45) is 0 Å². The van der Waals surface area contributed by atoms with Crippen LogP contribution in [0.3, 0.4) is 0 Å². The van der Waals surface area contributed by atoms with Crippen LogP contribution in [-0.2, 0) is 35.6 Å². The number of fused-ring (bicyclic) bond motifs is 2. The van der Waals surface area contributed by atoms with E-state index in [1.165, 1.54) is 0 Å². The molecule has 3 heterocycles. The van der Waals surface area contributed by atoms with Crippen molar-refractivity contribution in [1.29, 1.82) is 0 Å². The lowest BCUT2D eigenvalue weighted by Crippen LogP contribution is -2.60. The van der Waals surface area contributed by atoms with Gasteiger partial charge in [-0.2, -0.15) is 0 Å². The normalized spacial score (nSPS) is 16.2. The molecule has 318 valence electrons. The van der Waals surface area contributed by atoms with E-state index in [1.807, 2.05) is 114 Å². The number of hydrogen-bond donors (Lipinski definition) is 2. The largest absolute Gasteiger partial charge is 0.489 e. The number of hydrogen-bond acceptors (Lipinski definition) is 7. The van der Waals surface area contributed by atoms with Crippen LogP contribution in [0.25, 0.3) is 11.1 Å². The predicted octanol–water partition coefficient (Wildman–Crippen LogP) is 9.54. The van der Waals surface area contributed by atoms with Crippen molar-refractivity contribution in [3.63, 3.8) is 0 Å². The van der Waals surface area contributed by atoms with E-state index < -0.39 is 30.1 Å². The van der Waals surface area contributed by atoms with E-state index in [0.717, 1.165) is 50.2 Å². The Labute approximate surface area is 366 Å². The van der Waals surface area contributed by atoms with Crippen LogP contribution < -0.4 is 19.5 Å². The number of nitrogens with zero attached hydrogens (tertiary/aromatic N) is 3. The molecule has 2 N–H and O–H groups in total. The number of carboxylic acids is 1. The van der Waals surface area contributed by atoms with Crippen molar-refractivity contribution in [2.75, 3.05) is 6.61 Å². The Morgan fingerprint density at radius 2 is 1.57 bits per heavy atom. The number of ether oxygens (including phenoxy) is 3. The molecule has 1 aromatic heterocycles. The van der Waals surface area contributed by atoms with Crippen LogP contribution in [-0.4, -0.2) is 68.6 Å². The molecule has 0 aliphatic carbocycles. The third-order valence-electron chi connectivity index (χ3n) is 11.4. The third-order valence-corrected chi connectivity index (χ3v) is 12.1. The Balaban J connectivity index is 1.08. The van der Waals surface area contributed by atoms with Crippen molar-refractivity contribution in [2.45, 2.75) is 97.8 Å². The van der Waals surface area contributed by atoms with E-state index in [1.54, 1.807) is 28.1 Å². The molecule has 2 aliphatic rings. The van der Waals surface area contributed by atoms with Gasteiger partial charge in [-0.1, -0.05) is 65.7 Å². The average molecular weight is 866 g/mol. The van der Waals surface area contributed by atoms with Gasteiger partial charge in [0.25, 0.3) is 0 Å². The molecule has 4 aromatic carbocycles. The summed E-state index contributed by atoms with van der Waals surface area (Å²) in [6, 6.07) is 23.5. The second kappa shape index (κ2) is 18.5. The van der Waals surface area contributed by atoms with Gasteiger partial charge in [0.1, 0.15) is 31.0 Å². The number of amides is 3. The molecule has 2 aliphatic heterocycles. The van der Waals surface area contributed by atoms with Gasteiger partial charge in [0.2, 0.25) is 5.91 Å². The highest BCUT2D eigenvalue weighted by Crippen LogP contribution is 2.41. The van der Waals surface area contributed by atoms with Crippen LogP contribution >= 0.6 is 23.2 Å². The van der Waals surface area contributed by atoms with Crippen molar-refractivity contribution >= 4 is 41.1 Å². The van der Waals surface area contributed by atoms with Crippen LogP contribution in [0, 0.1) is 13.8 Å². The maximum atomic E-state index is 14.4. The summed E-state index contributed by atoms with van der Waals surface area (Å²) >= 11 is 12.2. The number of carboxylic acid groups (broad SMARTS) is 1. The number of nitrogens with one attached hydrogen (secondary N) is 1. The molecule has 0 spiro atoms. The minimum Gasteiger partial charge on any atom is -0.489 e. The fraction of sp³-hybridized carbons (Fsp3) is 0.333. The lowest BCUT2D eigenvalue weighted by molar-refractivity contribution is -0.142. The summed E-state index contributed by atoms with van der Waals surface area (Å²) in [5.74, 6) is 0.0264. The van der Waals surface area contributed by atoms with Gasteiger partial charge in [0.15, 0.2) is 17.6 Å². The van der Waals surface area contributed by atoms with Crippen LogP contribution in [0.2, 0.25) is 10.0 Å². The minimum atomic E-state index is -1.23. The molecule has 61 heavy (non-hydrogen) atoms. The fourth-order valence-electron chi connectivity index (χ4n) is 7.99. The minimum absolute atomic E-state index is 0.0609. The molecule has 0 fully saturated rings. The summed E-state index contributed by atoms with van der Waals surface area (Å²) in [6.07, 6.45) is 1.59. The van der Waals surface area contributed by atoms with Gasteiger partial charge in [-0.05, 0) is 129 Å². The first-order valence-corrected chi connectivity index (χ1v) is 21.2. The second-order valence-electron chi connectivity index (χ2n) is 16.2. The second-order valence-corrected chi connectivity index (χ2v) is 17.0. The van der Waals surface area contributed by atoms with Crippen molar-refractivity contribution in [1.82, 2.24) is 20.1 Å². The first kappa shape index (κ1) is 43.3. The standard InChI is InChI=1S/C48H50Cl2N4O7/c1-27(2)54(28(3)4)48(58)53-24-36-23-44-43(60-26-45(61-44)34-12-14-37(15-13-34)59-25-32-9-16-39(49)40(50)19-32)22-35(36)21-42(53)46(55)52-41(47(56)57)20-31-7-10-33(11-8-31)38-17-18-51-30(6)29(38)5/h7-19,22-23,27-28,41-42,45H,20-21,24-26H2,1-6H3,(H,52,55)(H,56,57)/t41?,42-,45+/m0/s1. The maximum absolute atomic E-state index is 14.4. The molecular formula is C48H50Cl2N4O7. The molecule has 11 nitrogen and oxygen atoms in total. The van der Waals surface area contributed by atoms with Crippen LogP contribution in [0.4, 0.5) is 4.79 Å². The molecule has 13 heteroatoms. The molecule has 3 amide bonds. The molecule has 7 rings (SSSR count). The van der Waals surface area contributed by atoms with Crippen molar-refractivity contribution < 1.29 is 33.7 Å². The highest BCUT2D eigenvalue weighted by molar-refractivity contribution is 6.42. The number of carbonyl (C=O) groups is 3. The van der Waals surface area contributed by atoms with E-state index in [0.29, 0.717) is 33.9 Å². The summed E-state index contributed by atoms with van der Waals surface area (Å²) in [5, 5.41) is 14.1. The van der Waals surface area contributed by atoms with Gasteiger partial charge in [0.05, 0.1) is 10.0 Å². The number of aliphatic carboxylic acids is 1. The zero-order valence-electron chi connectivity index (χ0n) is 35.1.